The lowest BCUT2D eigenvalue weighted by atomic mass is 10.1. The standard InChI is InChI=1S/C13H14ClN5.C3H8O2.2C2H6/c1-7-10(16)11-13(18-12(7)14)19(6-17-11)9-3-2-8(4-9)5-15;1-3(2,4)5;2*1-2/h6,8-9H,2-4H2,1H3,(H2,16,18);4-5H,1-2H3;2*1-2H3/t8?,9-;;;/m0.../s1. The first kappa shape index (κ1) is 26.1. The highest BCUT2D eigenvalue weighted by molar-refractivity contribution is 6.31. The molecule has 4 N–H and O–H groups in total. The number of nitrogen functional groups attached to an aromatic ring is 1. The molecule has 158 valence electrons. The zero-order valence-corrected chi connectivity index (χ0v) is 18.7. The van der Waals surface area contributed by atoms with Crippen molar-refractivity contribution >= 4 is 28.5 Å². The van der Waals surface area contributed by atoms with Crippen LogP contribution in [-0.4, -0.2) is 30.5 Å². The molecule has 7 nitrogen and oxygen atoms in total. The van der Waals surface area contributed by atoms with Crippen molar-refractivity contribution in [1.29, 1.82) is 5.26 Å². The summed E-state index contributed by atoms with van der Waals surface area (Å²) >= 11 is 6.10. The summed E-state index contributed by atoms with van der Waals surface area (Å²) in [6.45, 7) is 12.4. The van der Waals surface area contributed by atoms with Crippen molar-refractivity contribution in [1.82, 2.24) is 14.5 Å². The van der Waals surface area contributed by atoms with Gasteiger partial charge in [-0.25, -0.2) is 9.97 Å². The Morgan fingerprint density at radius 1 is 1.25 bits per heavy atom. The number of hydrogen-bond acceptors (Lipinski definition) is 6. The smallest absolute Gasteiger partial charge is 0.163 e. The van der Waals surface area contributed by atoms with Gasteiger partial charge in [-0.1, -0.05) is 39.3 Å². The number of aromatic nitrogens is 3. The molecular formula is C20H34ClN5O2. The first-order valence-corrected chi connectivity index (χ1v) is 10.1. The molecule has 0 spiro atoms. The van der Waals surface area contributed by atoms with Gasteiger partial charge in [0, 0.05) is 17.5 Å². The Balaban J connectivity index is 0.000000698. The summed E-state index contributed by atoms with van der Waals surface area (Å²) in [4.78, 5) is 8.74. The van der Waals surface area contributed by atoms with Gasteiger partial charge in [0.2, 0.25) is 0 Å². The fraction of sp³-hybridized carbons (Fsp3) is 0.650. The van der Waals surface area contributed by atoms with E-state index in [2.05, 4.69) is 16.0 Å². The van der Waals surface area contributed by atoms with Crippen LogP contribution in [0.2, 0.25) is 5.15 Å². The molecule has 2 aromatic rings. The zero-order chi connectivity index (χ0) is 22.1. The van der Waals surface area contributed by atoms with Gasteiger partial charge in [-0.2, -0.15) is 5.26 Å². The van der Waals surface area contributed by atoms with Crippen LogP contribution in [0, 0.1) is 24.2 Å². The summed E-state index contributed by atoms with van der Waals surface area (Å²) in [7, 11) is 0. The molecule has 0 saturated heterocycles. The highest BCUT2D eigenvalue weighted by atomic mass is 35.5. The number of nitrogens with two attached hydrogens (primary N) is 1. The number of anilines is 1. The van der Waals surface area contributed by atoms with E-state index in [0.717, 1.165) is 30.5 Å². The predicted molar refractivity (Wildman–Crippen MR) is 115 cm³/mol. The van der Waals surface area contributed by atoms with Crippen molar-refractivity contribution in [2.75, 3.05) is 5.73 Å². The molecule has 1 unspecified atom stereocenters. The Labute approximate surface area is 173 Å². The van der Waals surface area contributed by atoms with Crippen LogP contribution in [0.1, 0.15) is 72.4 Å². The molecular weight excluding hydrogens is 378 g/mol. The first-order chi connectivity index (χ1) is 13.1. The van der Waals surface area contributed by atoms with Crippen molar-refractivity contribution in [3.63, 3.8) is 0 Å². The summed E-state index contributed by atoms with van der Waals surface area (Å²) in [5.74, 6) is -1.37. The van der Waals surface area contributed by atoms with Crippen molar-refractivity contribution in [3.8, 4) is 6.07 Å². The number of aliphatic hydroxyl groups is 2. The van der Waals surface area contributed by atoms with Crippen LogP contribution < -0.4 is 5.73 Å². The van der Waals surface area contributed by atoms with Crippen LogP contribution >= 0.6 is 11.6 Å². The van der Waals surface area contributed by atoms with Crippen LogP contribution in [0.15, 0.2) is 6.33 Å². The Kier molecular flexibility index (Phi) is 11.1. The summed E-state index contributed by atoms with van der Waals surface area (Å²) < 4.78 is 2.01. The molecule has 0 radical (unpaired) electrons. The number of fused-ring (bicyclic) bond motifs is 1. The van der Waals surface area contributed by atoms with Gasteiger partial charge < -0.3 is 20.5 Å². The van der Waals surface area contributed by atoms with Crippen molar-refractivity contribution in [2.45, 2.75) is 79.6 Å². The maximum Gasteiger partial charge on any atom is 0.163 e. The summed E-state index contributed by atoms with van der Waals surface area (Å²) in [5.41, 5.74) is 8.80. The van der Waals surface area contributed by atoms with E-state index in [1.165, 1.54) is 13.8 Å². The topological polar surface area (TPSA) is 121 Å². The second kappa shape index (κ2) is 11.8. The summed E-state index contributed by atoms with van der Waals surface area (Å²) in [6.07, 6.45) is 4.50. The second-order valence-corrected chi connectivity index (χ2v) is 6.91. The van der Waals surface area contributed by atoms with E-state index >= 15 is 0 Å². The molecule has 28 heavy (non-hydrogen) atoms. The van der Waals surface area contributed by atoms with Gasteiger partial charge in [-0.3, -0.25) is 0 Å². The van der Waals surface area contributed by atoms with Gasteiger partial charge in [0.05, 0.1) is 18.1 Å². The van der Waals surface area contributed by atoms with Gasteiger partial charge in [-0.05, 0) is 40.0 Å². The number of pyridine rings is 1. The third-order valence-electron chi connectivity index (χ3n) is 3.92. The number of hydrogen-bond donors (Lipinski definition) is 3. The molecule has 1 aliphatic carbocycles. The molecule has 1 fully saturated rings. The molecule has 0 aromatic carbocycles. The fourth-order valence-corrected chi connectivity index (χ4v) is 2.90. The predicted octanol–water partition coefficient (Wildman–Crippen LogP) is 4.60. The third kappa shape index (κ3) is 7.27. The molecule has 8 heteroatoms. The van der Waals surface area contributed by atoms with Crippen molar-refractivity contribution in [3.05, 3.63) is 17.0 Å². The molecule has 1 aliphatic rings. The third-order valence-corrected chi connectivity index (χ3v) is 4.29. The van der Waals surface area contributed by atoms with Crippen LogP contribution in [0.5, 0.6) is 0 Å². The van der Waals surface area contributed by atoms with E-state index in [9.17, 15) is 0 Å². The maximum atomic E-state index is 8.99. The van der Waals surface area contributed by atoms with Crippen molar-refractivity contribution in [2.24, 2.45) is 5.92 Å². The molecule has 0 bridgehead atoms. The second-order valence-electron chi connectivity index (χ2n) is 6.55. The van der Waals surface area contributed by atoms with Gasteiger partial charge in [0.15, 0.2) is 11.4 Å². The Morgan fingerprint density at radius 3 is 2.25 bits per heavy atom. The van der Waals surface area contributed by atoms with Crippen LogP contribution in [0.25, 0.3) is 11.2 Å². The largest absolute Gasteiger partial charge is 0.397 e. The molecule has 0 aliphatic heterocycles. The minimum absolute atomic E-state index is 0.126. The SMILES string of the molecule is CC.CC.CC(C)(O)O.Cc1c(Cl)nc2c(ncn2[C@H]2CCC(C#N)C2)c1N. The van der Waals surface area contributed by atoms with Crippen molar-refractivity contribution < 1.29 is 10.2 Å². The van der Waals surface area contributed by atoms with E-state index in [4.69, 9.17) is 32.8 Å². The van der Waals surface area contributed by atoms with Crippen LogP contribution in [-0.2, 0) is 0 Å². The summed E-state index contributed by atoms with van der Waals surface area (Å²) in [5, 5.41) is 25.6. The lowest BCUT2D eigenvalue weighted by Crippen LogP contribution is -2.15. The Morgan fingerprint density at radius 2 is 1.79 bits per heavy atom. The maximum absolute atomic E-state index is 8.99. The van der Waals surface area contributed by atoms with E-state index in [-0.39, 0.29) is 12.0 Å². The van der Waals surface area contributed by atoms with E-state index in [1.807, 2.05) is 39.2 Å². The van der Waals surface area contributed by atoms with E-state index in [1.54, 1.807) is 6.33 Å². The normalized spacial score (nSPS) is 18.0. The van der Waals surface area contributed by atoms with Crippen LogP contribution in [0.3, 0.4) is 0 Å². The lowest BCUT2D eigenvalue weighted by Gasteiger charge is -2.12. The number of halogens is 1. The van der Waals surface area contributed by atoms with E-state index < -0.39 is 5.79 Å². The molecule has 3 rings (SSSR count). The molecule has 2 heterocycles. The zero-order valence-electron chi connectivity index (χ0n) is 18.0. The Hall–Kier alpha value is -1.88. The average molecular weight is 412 g/mol. The minimum atomic E-state index is -1.50. The highest BCUT2D eigenvalue weighted by Gasteiger charge is 2.27. The minimum Gasteiger partial charge on any atom is -0.397 e. The molecule has 0 amide bonds. The highest BCUT2D eigenvalue weighted by Crippen LogP contribution is 2.37. The summed E-state index contributed by atoms with van der Waals surface area (Å²) in [6, 6.07) is 2.60. The number of rotatable bonds is 1. The molecule has 2 atom stereocenters. The first-order valence-electron chi connectivity index (χ1n) is 9.74. The quantitative estimate of drug-likeness (QED) is 0.465. The fourth-order valence-electron chi connectivity index (χ4n) is 2.72. The van der Waals surface area contributed by atoms with Gasteiger partial charge in [-0.15, -0.1) is 0 Å². The van der Waals surface area contributed by atoms with Gasteiger partial charge in [0.25, 0.3) is 0 Å². The number of nitrogens with zero attached hydrogens (tertiary/aromatic N) is 4. The van der Waals surface area contributed by atoms with Gasteiger partial charge in [0.1, 0.15) is 10.7 Å². The number of imidazole rings is 1. The monoisotopic (exact) mass is 411 g/mol. The van der Waals surface area contributed by atoms with Crippen LogP contribution in [0.4, 0.5) is 5.69 Å². The lowest BCUT2D eigenvalue weighted by molar-refractivity contribution is -0.127. The molecule has 1 saturated carbocycles. The Bertz CT molecular complexity index is 771. The van der Waals surface area contributed by atoms with Gasteiger partial charge >= 0.3 is 0 Å². The molecule has 2 aromatic heterocycles. The average Bonchev–Trinajstić information content (AvgIpc) is 3.28. The van der Waals surface area contributed by atoms with E-state index in [0.29, 0.717) is 16.4 Å². The number of nitriles is 1.